The second-order valence-electron chi connectivity index (χ2n) is 3.81. The molecule has 0 saturated heterocycles. The molecule has 0 aliphatic heterocycles. The average Bonchev–Trinajstić information content (AvgIpc) is 2.35. The minimum Gasteiger partial charge on any atom is -0.462 e. The third kappa shape index (κ3) is 4.45. The molecule has 0 aliphatic rings. The van der Waals surface area contributed by atoms with Crippen molar-refractivity contribution in [3.63, 3.8) is 0 Å². The van der Waals surface area contributed by atoms with Crippen LogP contribution in [0.5, 0.6) is 0 Å². The molecule has 0 amide bonds. The SMILES string of the molecule is CCC(N)CCCOC(=O)c1ccccc1. The van der Waals surface area contributed by atoms with Crippen LogP contribution in [0.15, 0.2) is 30.3 Å². The van der Waals surface area contributed by atoms with Gasteiger partial charge in [-0.3, -0.25) is 0 Å². The van der Waals surface area contributed by atoms with Crippen molar-refractivity contribution < 1.29 is 9.53 Å². The van der Waals surface area contributed by atoms with Crippen LogP contribution in [-0.4, -0.2) is 18.6 Å². The molecule has 0 saturated carbocycles. The molecule has 16 heavy (non-hydrogen) atoms. The monoisotopic (exact) mass is 221 g/mol. The molecule has 1 atom stereocenters. The summed E-state index contributed by atoms with van der Waals surface area (Å²) in [5, 5.41) is 0. The molecule has 3 nitrogen and oxygen atoms in total. The van der Waals surface area contributed by atoms with Gasteiger partial charge in [0.1, 0.15) is 0 Å². The first kappa shape index (κ1) is 12.7. The van der Waals surface area contributed by atoms with E-state index in [1.807, 2.05) is 18.2 Å². The summed E-state index contributed by atoms with van der Waals surface area (Å²) in [4.78, 5) is 11.5. The predicted molar refractivity (Wildman–Crippen MR) is 64.2 cm³/mol. The van der Waals surface area contributed by atoms with Crippen LogP contribution in [0, 0.1) is 0 Å². The van der Waals surface area contributed by atoms with E-state index >= 15 is 0 Å². The summed E-state index contributed by atoms with van der Waals surface area (Å²) in [7, 11) is 0. The zero-order valence-corrected chi connectivity index (χ0v) is 9.69. The Morgan fingerprint density at radius 3 is 2.69 bits per heavy atom. The molecule has 1 rings (SSSR count). The Kier molecular flexibility index (Phi) is 5.57. The Hall–Kier alpha value is -1.35. The van der Waals surface area contributed by atoms with E-state index in [1.54, 1.807) is 12.1 Å². The molecule has 0 fully saturated rings. The zero-order valence-electron chi connectivity index (χ0n) is 9.69. The van der Waals surface area contributed by atoms with Crippen molar-refractivity contribution >= 4 is 5.97 Å². The highest BCUT2D eigenvalue weighted by atomic mass is 16.5. The topological polar surface area (TPSA) is 52.3 Å². The van der Waals surface area contributed by atoms with E-state index < -0.39 is 0 Å². The number of esters is 1. The second-order valence-corrected chi connectivity index (χ2v) is 3.81. The molecule has 1 aromatic rings. The van der Waals surface area contributed by atoms with Crippen molar-refractivity contribution in [1.29, 1.82) is 0 Å². The second kappa shape index (κ2) is 7.01. The maximum absolute atomic E-state index is 11.5. The van der Waals surface area contributed by atoms with E-state index in [-0.39, 0.29) is 12.0 Å². The summed E-state index contributed by atoms with van der Waals surface area (Å²) < 4.78 is 5.13. The van der Waals surface area contributed by atoms with Gasteiger partial charge in [-0.15, -0.1) is 0 Å². The zero-order chi connectivity index (χ0) is 11.8. The number of rotatable bonds is 6. The highest BCUT2D eigenvalue weighted by Crippen LogP contribution is 2.03. The summed E-state index contributed by atoms with van der Waals surface area (Å²) in [6.45, 7) is 2.50. The maximum atomic E-state index is 11.5. The van der Waals surface area contributed by atoms with Gasteiger partial charge >= 0.3 is 5.97 Å². The van der Waals surface area contributed by atoms with Crippen molar-refractivity contribution in [2.24, 2.45) is 5.73 Å². The minimum absolute atomic E-state index is 0.218. The van der Waals surface area contributed by atoms with Crippen molar-refractivity contribution in [2.75, 3.05) is 6.61 Å². The fourth-order valence-electron chi connectivity index (χ4n) is 1.37. The lowest BCUT2D eigenvalue weighted by Crippen LogP contribution is -2.19. The predicted octanol–water partition coefficient (Wildman–Crippen LogP) is 2.36. The van der Waals surface area contributed by atoms with E-state index in [1.165, 1.54) is 0 Å². The van der Waals surface area contributed by atoms with Crippen LogP contribution in [0.1, 0.15) is 36.5 Å². The van der Waals surface area contributed by atoms with E-state index in [4.69, 9.17) is 10.5 Å². The van der Waals surface area contributed by atoms with Crippen molar-refractivity contribution in [3.8, 4) is 0 Å². The van der Waals surface area contributed by atoms with Crippen LogP contribution in [0.2, 0.25) is 0 Å². The lowest BCUT2D eigenvalue weighted by Gasteiger charge is -2.08. The maximum Gasteiger partial charge on any atom is 0.338 e. The number of hydrogen-bond acceptors (Lipinski definition) is 3. The number of benzene rings is 1. The molecule has 88 valence electrons. The Morgan fingerprint density at radius 1 is 1.38 bits per heavy atom. The average molecular weight is 221 g/mol. The van der Waals surface area contributed by atoms with Crippen LogP contribution < -0.4 is 5.73 Å². The normalized spacial score (nSPS) is 12.1. The first-order valence-corrected chi connectivity index (χ1v) is 5.71. The van der Waals surface area contributed by atoms with E-state index in [2.05, 4.69) is 6.92 Å². The van der Waals surface area contributed by atoms with Gasteiger partial charge in [-0.25, -0.2) is 4.79 Å². The summed E-state index contributed by atoms with van der Waals surface area (Å²) in [5.74, 6) is -0.259. The molecule has 0 aromatic heterocycles. The molecule has 0 radical (unpaired) electrons. The van der Waals surface area contributed by atoms with Crippen LogP contribution in [0.25, 0.3) is 0 Å². The van der Waals surface area contributed by atoms with E-state index in [0.29, 0.717) is 12.2 Å². The van der Waals surface area contributed by atoms with E-state index in [9.17, 15) is 4.79 Å². The fraction of sp³-hybridized carbons (Fsp3) is 0.462. The highest BCUT2D eigenvalue weighted by Gasteiger charge is 2.05. The van der Waals surface area contributed by atoms with Gasteiger partial charge in [-0.05, 0) is 31.4 Å². The van der Waals surface area contributed by atoms with Crippen LogP contribution in [0.3, 0.4) is 0 Å². The fourth-order valence-corrected chi connectivity index (χ4v) is 1.37. The Labute approximate surface area is 96.6 Å². The van der Waals surface area contributed by atoms with Gasteiger partial charge in [0, 0.05) is 6.04 Å². The highest BCUT2D eigenvalue weighted by molar-refractivity contribution is 5.89. The molecule has 0 heterocycles. The number of hydrogen-bond donors (Lipinski definition) is 1. The molecule has 3 heteroatoms. The van der Waals surface area contributed by atoms with Crippen molar-refractivity contribution in [2.45, 2.75) is 32.2 Å². The van der Waals surface area contributed by atoms with Gasteiger partial charge < -0.3 is 10.5 Å². The first-order valence-electron chi connectivity index (χ1n) is 5.71. The van der Waals surface area contributed by atoms with Gasteiger partial charge in [0.15, 0.2) is 0 Å². The van der Waals surface area contributed by atoms with Crippen LogP contribution >= 0.6 is 0 Å². The van der Waals surface area contributed by atoms with Gasteiger partial charge in [0.2, 0.25) is 0 Å². The third-order valence-electron chi connectivity index (χ3n) is 2.49. The molecule has 0 aliphatic carbocycles. The third-order valence-corrected chi connectivity index (χ3v) is 2.49. The molecule has 2 N–H and O–H groups in total. The molecular weight excluding hydrogens is 202 g/mol. The Morgan fingerprint density at radius 2 is 2.06 bits per heavy atom. The summed E-state index contributed by atoms with van der Waals surface area (Å²) >= 11 is 0. The van der Waals surface area contributed by atoms with Crippen molar-refractivity contribution in [1.82, 2.24) is 0 Å². The summed E-state index contributed by atoms with van der Waals surface area (Å²) in [5.41, 5.74) is 6.36. The lowest BCUT2D eigenvalue weighted by atomic mass is 10.1. The standard InChI is InChI=1S/C13H19NO2/c1-2-12(14)9-6-10-16-13(15)11-7-4-3-5-8-11/h3-5,7-8,12H,2,6,9-10,14H2,1H3. The largest absolute Gasteiger partial charge is 0.462 e. The molecule has 0 bridgehead atoms. The van der Waals surface area contributed by atoms with Gasteiger partial charge in [0.05, 0.1) is 12.2 Å². The molecule has 0 spiro atoms. The smallest absolute Gasteiger partial charge is 0.338 e. The molecular formula is C13H19NO2. The van der Waals surface area contributed by atoms with Crippen LogP contribution in [0.4, 0.5) is 0 Å². The number of ether oxygens (including phenoxy) is 1. The number of nitrogens with two attached hydrogens (primary N) is 1. The number of carbonyl (C=O) groups is 1. The van der Waals surface area contributed by atoms with Gasteiger partial charge in [-0.2, -0.15) is 0 Å². The van der Waals surface area contributed by atoms with Crippen molar-refractivity contribution in [3.05, 3.63) is 35.9 Å². The molecule has 1 unspecified atom stereocenters. The van der Waals surface area contributed by atoms with Gasteiger partial charge in [0.25, 0.3) is 0 Å². The quantitative estimate of drug-likeness (QED) is 0.592. The Bertz CT molecular complexity index is 311. The molecule has 1 aromatic carbocycles. The lowest BCUT2D eigenvalue weighted by molar-refractivity contribution is 0.0496. The number of carbonyl (C=O) groups excluding carboxylic acids is 1. The van der Waals surface area contributed by atoms with Gasteiger partial charge in [-0.1, -0.05) is 25.1 Å². The summed E-state index contributed by atoms with van der Waals surface area (Å²) in [6, 6.07) is 9.24. The summed E-state index contributed by atoms with van der Waals surface area (Å²) in [6.07, 6.45) is 2.69. The van der Waals surface area contributed by atoms with E-state index in [0.717, 1.165) is 19.3 Å². The Balaban J connectivity index is 2.21. The van der Waals surface area contributed by atoms with Crippen LogP contribution in [-0.2, 0) is 4.74 Å². The minimum atomic E-state index is -0.259. The first-order chi connectivity index (χ1) is 7.74.